The first-order valence-electron chi connectivity index (χ1n) is 6.46. The number of carbonyl (C=O) groups excluding carboxylic acids is 1. The lowest BCUT2D eigenvalue weighted by Gasteiger charge is -2.02. The van der Waals surface area contributed by atoms with Gasteiger partial charge in [0, 0.05) is 23.9 Å². The minimum absolute atomic E-state index is 0.0215. The highest BCUT2D eigenvalue weighted by Gasteiger charge is 2.04. The zero-order valence-corrected chi connectivity index (χ0v) is 11.9. The number of non-ortho nitro benzene ring substituents is 1. The Kier molecular flexibility index (Phi) is 4.87. The van der Waals surface area contributed by atoms with Gasteiger partial charge in [0.1, 0.15) is 5.75 Å². The number of anilines is 1. The molecule has 0 saturated carbocycles. The van der Waals surface area contributed by atoms with Gasteiger partial charge in [0.2, 0.25) is 5.91 Å². The number of nitrogens with one attached hydrogen (secondary N) is 1. The Balaban J connectivity index is 1.96. The van der Waals surface area contributed by atoms with E-state index in [9.17, 15) is 14.9 Å². The molecule has 6 nitrogen and oxygen atoms in total. The largest absolute Gasteiger partial charge is 0.497 e. The number of nitrogens with zero attached hydrogens (tertiary/aromatic N) is 1. The van der Waals surface area contributed by atoms with Crippen LogP contribution in [-0.2, 0) is 4.79 Å². The number of rotatable bonds is 5. The minimum Gasteiger partial charge on any atom is -0.497 e. The van der Waals surface area contributed by atoms with Crippen molar-refractivity contribution in [3.63, 3.8) is 0 Å². The maximum atomic E-state index is 11.8. The number of methoxy groups -OCH3 is 1. The summed E-state index contributed by atoms with van der Waals surface area (Å²) in [6, 6.07) is 12.9. The third-order valence-electron chi connectivity index (χ3n) is 2.89. The van der Waals surface area contributed by atoms with Crippen molar-refractivity contribution in [2.45, 2.75) is 0 Å². The van der Waals surface area contributed by atoms with E-state index >= 15 is 0 Å². The Morgan fingerprint density at radius 2 is 1.77 bits per heavy atom. The fraction of sp³-hybridized carbons (Fsp3) is 0.0625. The number of ether oxygens (including phenoxy) is 1. The number of hydrogen-bond acceptors (Lipinski definition) is 4. The van der Waals surface area contributed by atoms with E-state index in [1.165, 1.54) is 30.3 Å². The van der Waals surface area contributed by atoms with Crippen molar-refractivity contribution in [1.29, 1.82) is 0 Å². The van der Waals surface area contributed by atoms with Gasteiger partial charge in [-0.1, -0.05) is 12.1 Å². The highest BCUT2D eigenvalue weighted by Crippen LogP contribution is 2.16. The maximum absolute atomic E-state index is 11.8. The predicted molar refractivity (Wildman–Crippen MR) is 83.8 cm³/mol. The van der Waals surface area contributed by atoms with Crippen LogP contribution in [0.25, 0.3) is 6.08 Å². The lowest BCUT2D eigenvalue weighted by atomic mass is 10.2. The Hall–Kier alpha value is -3.15. The molecule has 2 aromatic carbocycles. The summed E-state index contributed by atoms with van der Waals surface area (Å²) in [6.07, 6.45) is 3.06. The molecule has 0 spiro atoms. The van der Waals surface area contributed by atoms with Gasteiger partial charge in [-0.25, -0.2) is 0 Å². The summed E-state index contributed by atoms with van der Waals surface area (Å²) in [4.78, 5) is 21.8. The van der Waals surface area contributed by atoms with Crippen molar-refractivity contribution < 1.29 is 14.5 Å². The van der Waals surface area contributed by atoms with Crippen molar-refractivity contribution in [2.75, 3.05) is 12.4 Å². The zero-order valence-electron chi connectivity index (χ0n) is 11.9. The van der Waals surface area contributed by atoms with E-state index in [4.69, 9.17) is 4.74 Å². The number of nitro benzene ring substituents is 1. The van der Waals surface area contributed by atoms with Crippen molar-refractivity contribution in [2.24, 2.45) is 0 Å². The molecule has 0 aliphatic rings. The summed E-state index contributed by atoms with van der Waals surface area (Å²) < 4.78 is 5.05. The number of nitro groups is 1. The average Bonchev–Trinajstić information content (AvgIpc) is 2.54. The molecule has 0 heterocycles. The number of benzene rings is 2. The molecule has 0 radical (unpaired) electrons. The normalized spacial score (nSPS) is 10.4. The zero-order chi connectivity index (χ0) is 15.9. The second kappa shape index (κ2) is 7.03. The molecule has 1 amide bonds. The van der Waals surface area contributed by atoms with Crippen molar-refractivity contribution in [1.82, 2.24) is 0 Å². The second-order valence-corrected chi connectivity index (χ2v) is 4.40. The van der Waals surface area contributed by atoms with Gasteiger partial charge in [-0.2, -0.15) is 0 Å². The average molecular weight is 298 g/mol. The SMILES string of the molecule is COc1ccc(/C=C/C(=O)Nc2ccc([N+](=O)[O-])cc2)cc1. The highest BCUT2D eigenvalue weighted by atomic mass is 16.6. The lowest BCUT2D eigenvalue weighted by molar-refractivity contribution is -0.384. The van der Waals surface area contributed by atoms with Gasteiger partial charge in [-0.05, 0) is 35.9 Å². The van der Waals surface area contributed by atoms with Gasteiger partial charge < -0.3 is 10.1 Å². The minimum atomic E-state index is -0.491. The quantitative estimate of drug-likeness (QED) is 0.522. The Morgan fingerprint density at radius 1 is 1.14 bits per heavy atom. The summed E-state index contributed by atoms with van der Waals surface area (Å²) in [6.45, 7) is 0. The Bertz CT molecular complexity index is 691. The first-order valence-corrected chi connectivity index (χ1v) is 6.46. The van der Waals surface area contributed by atoms with Crippen molar-refractivity contribution in [3.8, 4) is 5.75 Å². The monoisotopic (exact) mass is 298 g/mol. The van der Waals surface area contributed by atoms with Crippen LogP contribution < -0.4 is 10.1 Å². The van der Waals surface area contributed by atoms with Crippen LogP contribution in [0, 0.1) is 10.1 Å². The molecule has 6 heteroatoms. The Morgan fingerprint density at radius 3 is 2.32 bits per heavy atom. The molecule has 0 atom stereocenters. The van der Waals surface area contributed by atoms with Gasteiger partial charge in [0.05, 0.1) is 12.0 Å². The highest BCUT2D eigenvalue weighted by molar-refractivity contribution is 6.01. The molecule has 112 valence electrons. The predicted octanol–water partition coefficient (Wildman–Crippen LogP) is 3.26. The van der Waals surface area contributed by atoms with E-state index in [1.54, 1.807) is 25.3 Å². The van der Waals surface area contributed by atoms with Gasteiger partial charge in [0.15, 0.2) is 0 Å². The topological polar surface area (TPSA) is 81.5 Å². The van der Waals surface area contributed by atoms with E-state index < -0.39 is 4.92 Å². The standard InChI is InChI=1S/C16H14N2O4/c1-22-15-9-2-12(3-10-15)4-11-16(19)17-13-5-7-14(8-6-13)18(20)21/h2-11H,1H3,(H,17,19)/b11-4+. The summed E-state index contributed by atoms with van der Waals surface area (Å²) in [5, 5.41) is 13.2. The molecule has 2 aromatic rings. The first kappa shape index (κ1) is 15.2. The summed E-state index contributed by atoms with van der Waals surface area (Å²) in [5.41, 5.74) is 1.33. The van der Waals surface area contributed by atoms with Crippen LogP contribution in [0.15, 0.2) is 54.6 Å². The van der Waals surface area contributed by atoms with Crippen LogP contribution >= 0.6 is 0 Å². The van der Waals surface area contributed by atoms with Gasteiger partial charge in [0.25, 0.3) is 5.69 Å². The van der Waals surface area contributed by atoms with Crippen LogP contribution in [0.3, 0.4) is 0 Å². The molecule has 2 rings (SSSR count). The van der Waals surface area contributed by atoms with Crippen molar-refractivity contribution >= 4 is 23.4 Å². The van der Waals surface area contributed by atoms with Gasteiger partial charge >= 0.3 is 0 Å². The second-order valence-electron chi connectivity index (χ2n) is 4.40. The molecule has 0 aromatic heterocycles. The summed E-state index contributed by atoms with van der Waals surface area (Å²) in [7, 11) is 1.59. The van der Waals surface area contributed by atoms with Crippen LogP contribution in [0.2, 0.25) is 0 Å². The lowest BCUT2D eigenvalue weighted by Crippen LogP contribution is -2.07. The number of amides is 1. The van der Waals surface area contributed by atoms with Crippen LogP contribution in [-0.4, -0.2) is 17.9 Å². The van der Waals surface area contributed by atoms with Crippen LogP contribution in [0.4, 0.5) is 11.4 Å². The number of carbonyl (C=O) groups is 1. The van der Waals surface area contributed by atoms with Crippen LogP contribution in [0.5, 0.6) is 5.75 Å². The smallest absolute Gasteiger partial charge is 0.269 e. The van der Waals surface area contributed by atoms with Crippen LogP contribution in [0.1, 0.15) is 5.56 Å². The van der Waals surface area contributed by atoms with E-state index in [-0.39, 0.29) is 11.6 Å². The molecule has 1 N–H and O–H groups in total. The third kappa shape index (κ3) is 4.17. The van der Waals surface area contributed by atoms with Gasteiger partial charge in [-0.3, -0.25) is 14.9 Å². The van der Waals surface area contributed by atoms with Crippen molar-refractivity contribution in [3.05, 3.63) is 70.3 Å². The molecular formula is C16H14N2O4. The molecule has 0 saturated heterocycles. The van der Waals surface area contributed by atoms with E-state index in [0.29, 0.717) is 5.69 Å². The Labute approximate surface area is 127 Å². The van der Waals surface area contributed by atoms with E-state index in [0.717, 1.165) is 11.3 Å². The summed E-state index contributed by atoms with van der Waals surface area (Å²) in [5.74, 6) is 0.428. The van der Waals surface area contributed by atoms with Gasteiger partial charge in [-0.15, -0.1) is 0 Å². The fourth-order valence-corrected chi connectivity index (χ4v) is 1.74. The van der Waals surface area contributed by atoms with E-state index in [2.05, 4.69) is 5.32 Å². The maximum Gasteiger partial charge on any atom is 0.269 e. The first-order chi connectivity index (χ1) is 10.6. The molecule has 0 bridgehead atoms. The summed E-state index contributed by atoms with van der Waals surface area (Å²) >= 11 is 0. The molecule has 22 heavy (non-hydrogen) atoms. The molecule has 0 fully saturated rings. The third-order valence-corrected chi connectivity index (χ3v) is 2.89. The molecule has 0 aliphatic heterocycles. The fourth-order valence-electron chi connectivity index (χ4n) is 1.74. The number of hydrogen-bond donors (Lipinski definition) is 1. The molecular weight excluding hydrogens is 284 g/mol. The molecule has 0 aliphatic carbocycles. The van der Waals surface area contributed by atoms with E-state index in [1.807, 2.05) is 12.1 Å². The molecule has 0 unspecified atom stereocenters.